The van der Waals surface area contributed by atoms with Gasteiger partial charge in [-0.3, -0.25) is 4.90 Å². The monoisotopic (exact) mass is 535 g/mol. The van der Waals surface area contributed by atoms with Crippen molar-refractivity contribution in [3.63, 3.8) is 0 Å². The maximum Gasteiger partial charge on any atom is 0.261 e. The second kappa shape index (κ2) is 9.41. The van der Waals surface area contributed by atoms with Gasteiger partial charge in [0.25, 0.3) is 8.32 Å². The van der Waals surface area contributed by atoms with Crippen molar-refractivity contribution in [2.24, 2.45) is 0 Å². The van der Waals surface area contributed by atoms with Crippen LogP contribution in [0.5, 0.6) is 0 Å². The summed E-state index contributed by atoms with van der Waals surface area (Å²) in [6, 6.07) is 22.3. The van der Waals surface area contributed by atoms with E-state index in [0.717, 1.165) is 23.6 Å². The Bertz CT molecular complexity index is 763. The molecule has 2 aromatic rings. The summed E-state index contributed by atoms with van der Waals surface area (Å²) >= 11 is 2.60. The average molecular weight is 536 g/mol. The smallest absolute Gasteiger partial charge is 0.261 e. The highest BCUT2D eigenvalue weighted by atomic mass is 127. The molecule has 30 heavy (non-hydrogen) atoms. The molecule has 0 N–H and O–H groups in total. The lowest BCUT2D eigenvalue weighted by Crippen LogP contribution is -2.69. The van der Waals surface area contributed by atoms with Gasteiger partial charge in [-0.25, -0.2) is 0 Å². The van der Waals surface area contributed by atoms with E-state index in [2.05, 4.69) is 109 Å². The average Bonchev–Trinajstić information content (AvgIpc) is 3.21. The maximum absolute atomic E-state index is 7.40. The Morgan fingerprint density at radius 3 is 1.93 bits per heavy atom. The van der Waals surface area contributed by atoms with Crippen molar-refractivity contribution < 1.29 is 9.16 Å². The minimum Gasteiger partial charge on any atom is -0.400 e. The van der Waals surface area contributed by atoms with E-state index in [9.17, 15) is 0 Å². The van der Waals surface area contributed by atoms with Gasteiger partial charge < -0.3 is 9.16 Å². The summed E-state index contributed by atoms with van der Waals surface area (Å²) in [5.41, 5.74) is 0. The fourth-order valence-electron chi connectivity index (χ4n) is 5.09. The van der Waals surface area contributed by atoms with Crippen molar-refractivity contribution in [1.82, 2.24) is 4.90 Å². The lowest BCUT2D eigenvalue weighted by molar-refractivity contribution is 0.0813. The Morgan fingerprint density at radius 1 is 0.900 bits per heavy atom. The molecule has 2 aliphatic heterocycles. The number of rotatable bonds is 5. The highest BCUT2D eigenvalue weighted by molar-refractivity contribution is 14.1. The Labute approximate surface area is 196 Å². The van der Waals surface area contributed by atoms with Gasteiger partial charge in [0.05, 0.1) is 25.4 Å². The molecule has 0 saturated carbocycles. The van der Waals surface area contributed by atoms with Crippen LogP contribution in [0.3, 0.4) is 0 Å². The van der Waals surface area contributed by atoms with Gasteiger partial charge in [-0.15, -0.1) is 0 Å². The number of likely N-dealkylation sites (tertiary alicyclic amines) is 1. The lowest BCUT2D eigenvalue weighted by Gasteiger charge is -2.46. The quantitative estimate of drug-likeness (QED) is 0.325. The predicted octanol–water partition coefficient (Wildman–Crippen LogP) is 4.23. The normalized spacial score (nSPS) is 24.3. The van der Waals surface area contributed by atoms with Crippen molar-refractivity contribution in [1.29, 1.82) is 0 Å². The molecule has 162 valence electrons. The predicted molar refractivity (Wildman–Crippen MR) is 136 cm³/mol. The zero-order valence-electron chi connectivity index (χ0n) is 18.4. The first-order chi connectivity index (χ1) is 14.4. The maximum atomic E-state index is 7.40. The molecule has 5 heteroatoms. The molecule has 2 aromatic carbocycles. The summed E-state index contributed by atoms with van der Waals surface area (Å²) < 4.78 is 14.2. The summed E-state index contributed by atoms with van der Waals surface area (Å²) in [5.74, 6) is 0. The summed E-state index contributed by atoms with van der Waals surface area (Å²) in [6.45, 7) is 10.8. The van der Waals surface area contributed by atoms with E-state index in [1.54, 1.807) is 0 Å². The highest BCUT2D eigenvalue weighted by Gasteiger charge is 2.53. The molecule has 0 spiro atoms. The molecule has 0 amide bonds. The Balaban J connectivity index is 1.73. The zero-order valence-corrected chi connectivity index (χ0v) is 21.5. The third kappa shape index (κ3) is 4.42. The summed E-state index contributed by atoms with van der Waals surface area (Å²) in [4.78, 5) is 2.63. The molecule has 0 radical (unpaired) electrons. The number of ether oxygens (including phenoxy) is 1. The second-order valence-corrected chi connectivity index (χ2v) is 15.6. The molecule has 2 fully saturated rings. The molecule has 0 aliphatic carbocycles. The molecule has 4 rings (SSSR count). The number of halogens is 1. The van der Waals surface area contributed by atoms with Gasteiger partial charge >= 0.3 is 0 Å². The first-order valence-electron chi connectivity index (χ1n) is 11.2. The van der Waals surface area contributed by atoms with Gasteiger partial charge in [0.15, 0.2) is 0 Å². The number of benzene rings is 2. The fourth-order valence-corrected chi connectivity index (χ4v) is 10.3. The summed E-state index contributed by atoms with van der Waals surface area (Å²) in [7, 11) is -2.54. The number of alkyl halides is 1. The van der Waals surface area contributed by atoms with Crippen LogP contribution in [-0.2, 0) is 9.16 Å². The minimum absolute atomic E-state index is 0.00194. The molecular formula is C25H34INO2Si. The third-order valence-electron chi connectivity index (χ3n) is 6.67. The van der Waals surface area contributed by atoms with E-state index in [4.69, 9.17) is 9.16 Å². The van der Waals surface area contributed by atoms with E-state index in [0.29, 0.717) is 12.6 Å². The van der Waals surface area contributed by atoms with Gasteiger partial charge in [-0.05, 0) is 41.3 Å². The largest absolute Gasteiger partial charge is 0.400 e. The first kappa shape index (κ1) is 22.5. The molecule has 2 aliphatic rings. The van der Waals surface area contributed by atoms with E-state index in [1.807, 2.05) is 0 Å². The molecule has 3 nitrogen and oxygen atoms in total. The van der Waals surface area contributed by atoms with Crippen molar-refractivity contribution in [2.45, 2.75) is 54.7 Å². The molecule has 1 unspecified atom stereocenters. The third-order valence-corrected chi connectivity index (χ3v) is 13.0. The van der Waals surface area contributed by atoms with E-state index < -0.39 is 8.32 Å². The van der Waals surface area contributed by atoms with Crippen LogP contribution in [0.2, 0.25) is 5.04 Å². The Morgan fingerprint density at radius 2 is 1.43 bits per heavy atom. The fraction of sp³-hybridized carbons (Fsp3) is 0.520. The van der Waals surface area contributed by atoms with Gasteiger partial charge in [0.2, 0.25) is 0 Å². The zero-order chi connectivity index (χ0) is 21.2. The number of piperidine rings is 1. The molecular weight excluding hydrogens is 501 g/mol. The van der Waals surface area contributed by atoms with Crippen LogP contribution in [0.4, 0.5) is 0 Å². The molecule has 2 atom stereocenters. The summed E-state index contributed by atoms with van der Waals surface area (Å²) in [5, 5.41) is 2.69. The van der Waals surface area contributed by atoms with Crippen LogP contribution in [0.25, 0.3) is 0 Å². The Kier molecular flexibility index (Phi) is 7.04. The highest BCUT2D eigenvalue weighted by Crippen LogP contribution is 2.39. The van der Waals surface area contributed by atoms with Crippen LogP contribution < -0.4 is 10.4 Å². The molecule has 0 aromatic heterocycles. The molecule has 0 bridgehead atoms. The van der Waals surface area contributed by atoms with Gasteiger partial charge in [0.1, 0.15) is 0 Å². The van der Waals surface area contributed by atoms with E-state index in [1.165, 1.54) is 23.2 Å². The van der Waals surface area contributed by atoms with Crippen LogP contribution in [0, 0.1) is 0 Å². The lowest BCUT2D eigenvalue weighted by atomic mass is 10.1. The van der Waals surface area contributed by atoms with Gasteiger partial charge in [-0.1, -0.05) is 104 Å². The molecule has 2 saturated heterocycles. The van der Waals surface area contributed by atoms with Gasteiger partial charge in [-0.2, -0.15) is 0 Å². The van der Waals surface area contributed by atoms with E-state index >= 15 is 0 Å². The van der Waals surface area contributed by atoms with Crippen LogP contribution in [0.15, 0.2) is 60.7 Å². The topological polar surface area (TPSA) is 21.7 Å². The molecule has 2 heterocycles. The standard InChI is InChI=1S/C25H34INO2Si/c1-25(2,3)30(21-10-6-4-7-11-21,22-12-8-5-9-13-22)29-24-19-28-18-23(24)27-16-14-20(26)15-17-27/h4-13,20,23-24H,14-19H2,1-3H3/t23?,24-/m0/s1. The van der Waals surface area contributed by atoms with Crippen molar-refractivity contribution in [3.05, 3.63) is 60.7 Å². The van der Waals surface area contributed by atoms with Crippen molar-refractivity contribution in [2.75, 3.05) is 26.3 Å². The van der Waals surface area contributed by atoms with Crippen LogP contribution in [0.1, 0.15) is 33.6 Å². The van der Waals surface area contributed by atoms with E-state index in [-0.39, 0.29) is 11.1 Å². The Hall–Kier alpha value is -0.733. The number of hydrogen-bond acceptors (Lipinski definition) is 3. The SMILES string of the molecule is CC(C)(C)[Si](O[C@H]1COCC1N1CCC(I)CC1)(c1ccccc1)c1ccccc1. The second-order valence-electron chi connectivity index (χ2n) is 9.63. The van der Waals surface area contributed by atoms with Crippen molar-refractivity contribution in [3.8, 4) is 0 Å². The van der Waals surface area contributed by atoms with Gasteiger partial charge in [0, 0.05) is 3.92 Å². The first-order valence-corrected chi connectivity index (χ1v) is 14.3. The number of nitrogens with zero attached hydrogens (tertiary/aromatic N) is 1. The van der Waals surface area contributed by atoms with Crippen molar-refractivity contribution >= 4 is 41.3 Å². The van der Waals surface area contributed by atoms with Crippen LogP contribution in [-0.4, -0.2) is 55.6 Å². The van der Waals surface area contributed by atoms with Crippen LogP contribution >= 0.6 is 22.6 Å². The number of hydrogen-bond donors (Lipinski definition) is 0. The minimum atomic E-state index is -2.54. The summed E-state index contributed by atoms with van der Waals surface area (Å²) in [6.07, 6.45) is 2.65.